The summed E-state index contributed by atoms with van der Waals surface area (Å²) in [5.74, 6) is 2.05. The molecule has 0 bridgehead atoms. The van der Waals surface area contributed by atoms with Gasteiger partial charge in [-0.05, 0) is 108 Å². The predicted octanol–water partition coefficient (Wildman–Crippen LogP) is 13.7. The highest BCUT2D eigenvalue weighted by Gasteiger charge is 2.39. The molecular weight excluding hydrogens is 629 g/mol. The van der Waals surface area contributed by atoms with Crippen molar-refractivity contribution < 1.29 is 4.74 Å². The molecule has 0 saturated heterocycles. The first kappa shape index (κ1) is 31.3. The van der Waals surface area contributed by atoms with E-state index in [9.17, 15) is 0 Å². The maximum atomic E-state index is 6.65. The van der Waals surface area contributed by atoms with Gasteiger partial charge in [0.1, 0.15) is 11.9 Å². The molecule has 1 fully saturated rings. The molecule has 254 valence electrons. The molecule has 1 heteroatoms. The van der Waals surface area contributed by atoms with Crippen LogP contribution in [0.2, 0.25) is 0 Å². The van der Waals surface area contributed by atoms with E-state index < -0.39 is 0 Å². The molecule has 0 aromatic heterocycles. The smallest absolute Gasteiger partial charge is 0.132 e. The Hall–Kier alpha value is -5.40. The SMILES string of the molecule is C=CC(C)(C)c1cc(-c2ccc3ccc4c(-c5cccc(C(C)(C)C6CC6)c5)ccc5ccc2c3c54)ccc1-c1cccc2c1OC1C=CC=CC21. The van der Waals surface area contributed by atoms with Gasteiger partial charge >= 0.3 is 0 Å². The van der Waals surface area contributed by atoms with Gasteiger partial charge in [0, 0.05) is 22.5 Å². The molecule has 1 nitrogen and oxygen atoms in total. The third-order valence-corrected chi connectivity index (χ3v) is 12.7. The Labute approximate surface area is 307 Å². The number of fused-ring (bicyclic) bond motifs is 3. The Morgan fingerprint density at radius 2 is 1.27 bits per heavy atom. The number of hydrogen-bond acceptors (Lipinski definition) is 1. The average Bonchev–Trinajstić information content (AvgIpc) is 3.98. The highest BCUT2D eigenvalue weighted by Crippen LogP contribution is 2.51. The van der Waals surface area contributed by atoms with Crippen LogP contribution in [-0.2, 0) is 10.8 Å². The lowest BCUT2D eigenvalue weighted by atomic mass is 9.78. The molecule has 0 N–H and O–H groups in total. The topological polar surface area (TPSA) is 9.23 Å². The fraction of sp³-hybridized carbons (Fsp3) is 0.216. The van der Waals surface area contributed by atoms with E-state index in [-0.39, 0.29) is 22.9 Å². The van der Waals surface area contributed by atoms with Crippen molar-refractivity contribution >= 4 is 32.3 Å². The lowest BCUT2D eigenvalue weighted by molar-refractivity contribution is 0.270. The van der Waals surface area contributed by atoms with Crippen LogP contribution in [-0.4, -0.2) is 6.10 Å². The van der Waals surface area contributed by atoms with Crippen LogP contribution in [0.4, 0.5) is 0 Å². The highest BCUT2D eigenvalue weighted by atomic mass is 16.5. The lowest BCUT2D eigenvalue weighted by Gasteiger charge is -2.26. The monoisotopic (exact) mass is 672 g/mol. The number of benzene rings is 7. The minimum atomic E-state index is -0.263. The number of rotatable bonds is 7. The van der Waals surface area contributed by atoms with Crippen LogP contribution in [0, 0.1) is 5.92 Å². The average molecular weight is 673 g/mol. The first-order chi connectivity index (χ1) is 25.2. The second kappa shape index (κ2) is 11.3. The third kappa shape index (κ3) is 4.68. The zero-order valence-electron chi connectivity index (χ0n) is 30.5. The number of allylic oxidation sites excluding steroid dienone is 3. The van der Waals surface area contributed by atoms with Gasteiger partial charge in [-0.25, -0.2) is 0 Å². The van der Waals surface area contributed by atoms with Crippen molar-refractivity contribution in [3.8, 4) is 39.1 Å². The molecule has 2 unspecified atom stereocenters. The Morgan fingerprint density at radius 3 is 1.96 bits per heavy atom. The molecule has 7 aromatic rings. The summed E-state index contributed by atoms with van der Waals surface area (Å²) in [6, 6.07) is 41.6. The first-order valence-electron chi connectivity index (χ1n) is 19.0. The van der Waals surface area contributed by atoms with Crippen LogP contribution in [0.15, 0.2) is 146 Å². The number of para-hydroxylation sites is 1. The molecule has 0 spiro atoms. The summed E-state index contributed by atoms with van der Waals surface area (Å²) < 4.78 is 6.65. The molecule has 2 atom stereocenters. The van der Waals surface area contributed by atoms with E-state index in [2.05, 4.69) is 174 Å². The first-order valence-corrected chi connectivity index (χ1v) is 19.0. The largest absolute Gasteiger partial charge is 0.484 e. The summed E-state index contributed by atoms with van der Waals surface area (Å²) in [5, 5.41) is 7.87. The van der Waals surface area contributed by atoms with E-state index in [0.717, 1.165) is 17.2 Å². The molecule has 10 rings (SSSR count). The summed E-state index contributed by atoms with van der Waals surface area (Å²) in [4.78, 5) is 0. The third-order valence-electron chi connectivity index (χ3n) is 12.7. The minimum Gasteiger partial charge on any atom is -0.484 e. The fourth-order valence-electron chi connectivity index (χ4n) is 9.30. The molecule has 52 heavy (non-hydrogen) atoms. The minimum absolute atomic E-state index is 0.0486. The van der Waals surface area contributed by atoms with E-state index in [1.54, 1.807) is 0 Å². The quantitative estimate of drug-likeness (QED) is 0.121. The van der Waals surface area contributed by atoms with E-state index >= 15 is 0 Å². The normalized spacial score (nSPS) is 18.2. The van der Waals surface area contributed by atoms with Gasteiger partial charge in [0.2, 0.25) is 0 Å². The molecular formula is C51H44O. The molecule has 0 amide bonds. The lowest BCUT2D eigenvalue weighted by Crippen LogP contribution is -2.19. The van der Waals surface area contributed by atoms with Crippen LogP contribution >= 0.6 is 0 Å². The molecule has 3 aliphatic rings. The van der Waals surface area contributed by atoms with E-state index in [4.69, 9.17) is 4.74 Å². The van der Waals surface area contributed by atoms with Crippen LogP contribution in [0.1, 0.15) is 63.1 Å². The van der Waals surface area contributed by atoms with Gasteiger partial charge in [0.15, 0.2) is 0 Å². The summed E-state index contributed by atoms with van der Waals surface area (Å²) in [5.41, 5.74) is 11.3. The maximum Gasteiger partial charge on any atom is 0.132 e. The molecule has 1 heterocycles. The Balaban J connectivity index is 1.14. The van der Waals surface area contributed by atoms with E-state index in [1.165, 1.54) is 89.7 Å². The van der Waals surface area contributed by atoms with Crippen LogP contribution in [0.25, 0.3) is 65.7 Å². The van der Waals surface area contributed by atoms with Crippen molar-refractivity contribution in [1.29, 1.82) is 0 Å². The number of hydrogen-bond donors (Lipinski definition) is 0. The van der Waals surface area contributed by atoms with Gasteiger partial charge in [-0.1, -0.05) is 155 Å². The van der Waals surface area contributed by atoms with Crippen molar-refractivity contribution in [3.05, 3.63) is 163 Å². The van der Waals surface area contributed by atoms with Gasteiger partial charge in [-0.15, -0.1) is 6.58 Å². The van der Waals surface area contributed by atoms with Crippen molar-refractivity contribution in [2.24, 2.45) is 5.92 Å². The van der Waals surface area contributed by atoms with Gasteiger partial charge in [-0.2, -0.15) is 0 Å². The molecule has 0 radical (unpaired) electrons. The highest BCUT2D eigenvalue weighted by molar-refractivity contribution is 6.27. The van der Waals surface area contributed by atoms with Gasteiger partial charge in [-0.3, -0.25) is 0 Å². The zero-order valence-corrected chi connectivity index (χ0v) is 30.5. The van der Waals surface area contributed by atoms with Crippen molar-refractivity contribution in [3.63, 3.8) is 0 Å². The van der Waals surface area contributed by atoms with E-state index in [1.807, 2.05) is 0 Å². The molecule has 2 aliphatic carbocycles. The predicted molar refractivity (Wildman–Crippen MR) is 221 cm³/mol. The maximum absolute atomic E-state index is 6.65. The standard InChI is InChI=1S/C51H44O/c1-6-50(2,3)45-30-34(21-26-39(45)43-14-10-15-44-40-13-7-8-16-46(40)52-49(43)44)38-25-18-32-19-27-41-37(24-17-31-20-28-42(38)48(32)47(31)41)33-11-9-12-36(29-33)51(4,5)35-22-23-35/h6-21,24-30,35,40,46H,1,22-23H2,2-5H3. The summed E-state index contributed by atoms with van der Waals surface area (Å²) >= 11 is 0. The van der Waals surface area contributed by atoms with Crippen molar-refractivity contribution in [2.45, 2.75) is 63.4 Å². The molecule has 1 aliphatic heterocycles. The summed E-state index contributed by atoms with van der Waals surface area (Å²) in [6.07, 6.45) is 13.5. The van der Waals surface area contributed by atoms with Crippen molar-refractivity contribution in [2.75, 3.05) is 0 Å². The molecule has 7 aromatic carbocycles. The zero-order chi connectivity index (χ0) is 35.4. The van der Waals surface area contributed by atoms with Crippen LogP contribution in [0.3, 0.4) is 0 Å². The van der Waals surface area contributed by atoms with Crippen LogP contribution < -0.4 is 4.74 Å². The van der Waals surface area contributed by atoms with Gasteiger partial charge < -0.3 is 4.74 Å². The second-order valence-corrected chi connectivity index (χ2v) is 16.5. The second-order valence-electron chi connectivity index (χ2n) is 16.5. The Kier molecular flexibility index (Phi) is 6.81. The van der Waals surface area contributed by atoms with Gasteiger partial charge in [0.05, 0.1) is 0 Å². The molecule has 1 saturated carbocycles. The van der Waals surface area contributed by atoms with Crippen molar-refractivity contribution in [1.82, 2.24) is 0 Å². The Bertz CT molecular complexity index is 2640. The fourth-order valence-corrected chi connectivity index (χ4v) is 9.30. The summed E-state index contributed by atoms with van der Waals surface area (Å²) in [6.45, 7) is 13.7. The number of ether oxygens (including phenoxy) is 1. The Morgan fingerprint density at radius 1 is 0.635 bits per heavy atom. The van der Waals surface area contributed by atoms with Gasteiger partial charge in [0.25, 0.3) is 0 Å². The van der Waals surface area contributed by atoms with Crippen LogP contribution in [0.5, 0.6) is 5.75 Å². The van der Waals surface area contributed by atoms with E-state index in [0.29, 0.717) is 0 Å². The summed E-state index contributed by atoms with van der Waals surface area (Å²) in [7, 11) is 0.